The fourth-order valence-electron chi connectivity index (χ4n) is 2.89. The molecule has 8 heteroatoms. The van der Waals surface area contributed by atoms with Crippen molar-refractivity contribution in [3.8, 4) is 5.75 Å². The Labute approximate surface area is 143 Å². The van der Waals surface area contributed by atoms with Crippen LogP contribution in [-0.2, 0) is 16.1 Å². The average Bonchev–Trinajstić information content (AvgIpc) is 3.32. The number of alkyl halides is 3. The van der Waals surface area contributed by atoms with Gasteiger partial charge in [-0.1, -0.05) is 12.1 Å². The monoisotopic (exact) mass is 356 g/mol. The number of amides is 2. The predicted octanol–water partition coefficient (Wildman–Crippen LogP) is 2.25. The summed E-state index contributed by atoms with van der Waals surface area (Å²) in [5.41, 5.74) is 0.636. The van der Waals surface area contributed by atoms with E-state index in [0.29, 0.717) is 18.2 Å². The first-order chi connectivity index (χ1) is 11.8. The number of likely N-dealkylation sites (tertiary alicyclic amines) is 1. The van der Waals surface area contributed by atoms with Crippen molar-refractivity contribution in [1.82, 2.24) is 10.2 Å². The number of halogens is 3. The summed E-state index contributed by atoms with van der Waals surface area (Å²) in [5.74, 6) is -0.457. The number of hydrogen-bond acceptors (Lipinski definition) is 3. The Hall–Kier alpha value is -2.25. The summed E-state index contributed by atoms with van der Waals surface area (Å²) in [5, 5.41) is 2.75. The van der Waals surface area contributed by atoms with Crippen molar-refractivity contribution in [3.63, 3.8) is 0 Å². The Bertz CT molecular complexity index is 659. The Kier molecular flexibility index (Phi) is 4.87. The molecule has 2 aliphatic rings. The molecule has 0 bridgehead atoms. The third-order valence-corrected chi connectivity index (χ3v) is 4.28. The number of rotatable bonds is 6. The Morgan fingerprint density at radius 3 is 2.76 bits per heavy atom. The van der Waals surface area contributed by atoms with Crippen molar-refractivity contribution in [1.29, 1.82) is 0 Å². The van der Waals surface area contributed by atoms with Crippen LogP contribution in [-0.4, -0.2) is 42.1 Å². The van der Waals surface area contributed by atoms with Crippen LogP contribution in [0.2, 0.25) is 0 Å². The van der Waals surface area contributed by atoms with Crippen LogP contribution in [0.5, 0.6) is 5.75 Å². The molecule has 1 unspecified atom stereocenters. The minimum Gasteiger partial charge on any atom is -0.484 e. The van der Waals surface area contributed by atoms with Gasteiger partial charge in [0.1, 0.15) is 5.75 Å². The van der Waals surface area contributed by atoms with Crippen LogP contribution in [0.15, 0.2) is 24.3 Å². The van der Waals surface area contributed by atoms with E-state index in [4.69, 9.17) is 4.74 Å². The molecule has 5 nitrogen and oxygen atoms in total. The van der Waals surface area contributed by atoms with Crippen molar-refractivity contribution in [3.05, 3.63) is 29.8 Å². The highest BCUT2D eigenvalue weighted by molar-refractivity contribution is 5.89. The molecule has 25 heavy (non-hydrogen) atoms. The Balaban J connectivity index is 1.49. The summed E-state index contributed by atoms with van der Waals surface area (Å²) >= 11 is 0. The van der Waals surface area contributed by atoms with E-state index in [2.05, 4.69) is 5.32 Å². The van der Waals surface area contributed by atoms with Crippen LogP contribution in [0.4, 0.5) is 13.2 Å². The lowest BCUT2D eigenvalue weighted by Gasteiger charge is -2.15. The topological polar surface area (TPSA) is 58.6 Å². The summed E-state index contributed by atoms with van der Waals surface area (Å²) in [6.07, 6.45) is -2.17. The number of ether oxygens (including phenoxy) is 1. The molecule has 2 fully saturated rings. The quantitative estimate of drug-likeness (QED) is 0.851. The van der Waals surface area contributed by atoms with Crippen LogP contribution in [0.1, 0.15) is 24.8 Å². The fraction of sp³-hybridized carbons (Fsp3) is 0.529. The van der Waals surface area contributed by atoms with Gasteiger partial charge in [0, 0.05) is 25.6 Å². The van der Waals surface area contributed by atoms with Gasteiger partial charge < -0.3 is 15.0 Å². The van der Waals surface area contributed by atoms with Gasteiger partial charge in [-0.2, -0.15) is 13.2 Å². The number of nitrogens with zero attached hydrogens (tertiary/aromatic N) is 1. The summed E-state index contributed by atoms with van der Waals surface area (Å²) in [4.78, 5) is 25.9. The zero-order valence-corrected chi connectivity index (χ0v) is 13.5. The van der Waals surface area contributed by atoms with E-state index in [1.807, 2.05) is 0 Å². The maximum absolute atomic E-state index is 12.2. The van der Waals surface area contributed by atoms with Crippen molar-refractivity contribution in [2.45, 2.75) is 38.0 Å². The van der Waals surface area contributed by atoms with E-state index in [-0.39, 0.29) is 36.4 Å². The number of carbonyl (C=O) groups is 2. The second kappa shape index (κ2) is 6.93. The summed E-state index contributed by atoms with van der Waals surface area (Å²) in [6.45, 7) is -0.732. The fourth-order valence-corrected chi connectivity index (χ4v) is 2.89. The predicted molar refractivity (Wildman–Crippen MR) is 82.7 cm³/mol. The van der Waals surface area contributed by atoms with E-state index in [1.165, 1.54) is 12.1 Å². The summed E-state index contributed by atoms with van der Waals surface area (Å²) < 4.78 is 41.2. The minimum absolute atomic E-state index is 0.0187. The number of benzene rings is 1. The molecule has 1 aromatic rings. The van der Waals surface area contributed by atoms with E-state index in [9.17, 15) is 22.8 Å². The lowest BCUT2D eigenvalue weighted by atomic mass is 10.1. The molecule has 1 aromatic carbocycles. The molecule has 3 rings (SSSR count). The molecule has 136 valence electrons. The van der Waals surface area contributed by atoms with Crippen LogP contribution >= 0.6 is 0 Å². The number of nitrogens with one attached hydrogen (secondary N) is 1. The van der Waals surface area contributed by atoms with Gasteiger partial charge in [0.15, 0.2) is 6.61 Å². The van der Waals surface area contributed by atoms with Gasteiger partial charge in [0.05, 0.1) is 5.92 Å². The highest BCUT2D eigenvalue weighted by Crippen LogP contribution is 2.32. The highest BCUT2D eigenvalue weighted by Gasteiger charge is 2.41. The van der Waals surface area contributed by atoms with Crippen molar-refractivity contribution in [2.24, 2.45) is 5.92 Å². The highest BCUT2D eigenvalue weighted by atomic mass is 19.4. The largest absolute Gasteiger partial charge is 0.484 e. The van der Waals surface area contributed by atoms with E-state index >= 15 is 0 Å². The first kappa shape index (κ1) is 17.6. The lowest BCUT2D eigenvalue weighted by molar-refractivity contribution is -0.153. The SMILES string of the molecule is O=C(NCc1cccc(OCC(F)(F)F)c1)C1CC(=O)N(C2CC2)C1. The van der Waals surface area contributed by atoms with Gasteiger partial charge in [-0.05, 0) is 30.5 Å². The lowest BCUT2D eigenvalue weighted by Crippen LogP contribution is -2.33. The number of hydrogen-bond donors (Lipinski definition) is 1. The Morgan fingerprint density at radius 1 is 1.32 bits per heavy atom. The van der Waals surface area contributed by atoms with Crippen molar-refractivity contribution < 1.29 is 27.5 Å². The van der Waals surface area contributed by atoms with Gasteiger partial charge in [0.25, 0.3) is 0 Å². The maximum atomic E-state index is 12.2. The molecular formula is C17H19F3N2O3. The van der Waals surface area contributed by atoms with Crippen LogP contribution in [0.25, 0.3) is 0 Å². The number of carbonyl (C=O) groups excluding carboxylic acids is 2. The third-order valence-electron chi connectivity index (χ3n) is 4.28. The van der Waals surface area contributed by atoms with Gasteiger partial charge >= 0.3 is 6.18 Å². The van der Waals surface area contributed by atoms with Crippen LogP contribution < -0.4 is 10.1 Å². The van der Waals surface area contributed by atoms with E-state index in [0.717, 1.165) is 12.8 Å². The molecular weight excluding hydrogens is 337 g/mol. The molecule has 2 amide bonds. The molecule has 1 N–H and O–H groups in total. The van der Waals surface area contributed by atoms with Crippen LogP contribution in [0, 0.1) is 5.92 Å². The Morgan fingerprint density at radius 2 is 2.08 bits per heavy atom. The van der Waals surface area contributed by atoms with E-state index in [1.54, 1.807) is 17.0 Å². The molecule has 0 radical (unpaired) electrons. The smallest absolute Gasteiger partial charge is 0.422 e. The first-order valence-corrected chi connectivity index (χ1v) is 8.17. The van der Waals surface area contributed by atoms with Crippen molar-refractivity contribution >= 4 is 11.8 Å². The molecule has 1 saturated carbocycles. The van der Waals surface area contributed by atoms with Gasteiger partial charge in [-0.3, -0.25) is 9.59 Å². The van der Waals surface area contributed by atoms with Gasteiger partial charge in [-0.25, -0.2) is 0 Å². The summed E-state index contributed by atoms with van der Waals surface area (Å²) in [7, 11) is 0. The molecule has 0 aromatic heterocycles. The molecule has 1 atom stereocenters. The molecule has 1 saturated heterocycles. The average molecular weight is 356 g/mol. The van der Waals surface area contributed by atoms with Crippen LogP contribution in [0.3, 0.4) is 0 Å². The van der Waals surface area contributed by atoms with Gasteiger partial charge in [0.2, 0.25) is 11.8 Å². The van der Waals surface area contributed by atoms with E-state index < -0.39 is 12.8 Å². The second-order valence-electron chi connectivity index (χ2n) is 6.45. The minimum atomic E-state index is -4.40. The van der Waals surface area contributed by atoms with Gasteiger partial charge in [-0.15, -0.1) is 0 Å². The zero-order chi connectivity index (χ0) is 18.0. The van der Waals surface area contributed by atoms with Crippen molar-refractivity contribution in [2.75, 3.05) is 13.2 Å². The standard InChI is InChI=1S/C17H19F3N2O3/c18-17(19,20)10-25-14-3-1-2-11(6-14)8-21-16(24)12-7-15(23)22(9-12)13-4-5-13/h1-3,6,12-13H,4-5,7-10H2,(H,21,24). The third kappa shape index (κ3) is 4.87. The maximum Gasteiger partial charge on any atom is 0.422 e. The molecule has 0 spiro atoms. The molecule has 1 aliphatic carbocycles. The summed E-state index contributed by atoms with van der Waals surface area (Å²) in [6, 6.07) is 6.45. The molecule has 1 heterocycles. The molecule has 1 aliphatic heterocycles. The normalized spacial score (nSPS) is 20.7. The first-order valence-electron chi connectivity index (χ1n) is 8.17. The zero-order valence-electron chi connectivity index (χ0n) is 13.5. The second-order valence-corrected chi connectivity index (χ2v) is 6.45.